The van der Waals surface area contributed by atoms with Gasteiger partial charge in [0, 0.05) is 65.2 Å². The minimum Gasteiger partial charge on any atom is -0.425 e. The second kappa shape index (κ2) is 12.0. The molecule has 2 atom stereocenters. The van der Waals surface area contributed by atoms with Crippen LogP contribution in [0.25, 0.3) is 20.5 Å². The zero-order valence-electron chi connectivity index (χ0n) is 24.5. The van der Waals surface area contributed by atoms with Crippen LogP contribution in [-0.4, -0.2) is 45.7 Å². The summed E-state index contributed by atoms with van der Waals surface area (Å²) in [5, 5.41) is 21.9. The highest BCUT2D eigenvalue weighted by atomic mass is 32.2. The van der Waals surface area contributed by atoms with E-state index in [1.807, 2.05) is 30.2 Å². The molecule has 4 aromatic heterocycles. The van der Waals surface area contributed by atoms with Gasteiger partial charge in [-0.25, -0.2) is 4.98 Å². The molecule has 0 aromatic carbocycles. The first kappa shape index (κ1) is 28.4. The van der Waals surface area contributed by atoms with E-state index in [1.54, 1.807) is 18.3 Å². The number of ether oxygens (including phenoxy) is 2. The topological polar surface area (TPSA) is 117 Å². The van der Waals surface area contributed by atoms with Gasteiger partial charge in [0.25, 0.3) is 0 Å². The fourth-order valence-electron chi connectivity index (χ4n) is 6.56. The molecule has 6 heterocycles. The van der Waals surface area contributed by atoms with Crippen LogP contribution in [0.3, 0.4) is 0 Å². The SMILES string of the molecule is CC(=N)OC(=N)c1c(CCC2CCOCC2)nc2c(c1-c1cc3ccnc(NC4CCc5ncccc54)c3s1)SCC2C. The Kier molecular flexibility index (Phi) is 7.92. The zero-order valence-corrected chi connectivity index (χ0v) is 26.2. The summed E-state index contributed by atoms with van der Waals surface area (Å²) in [5.41, 5.74) is 6.19. The molecule has 4 aromatic rings. The number of aromatic nitrogens is 3. The van der Waals surface area contributed by atoms with Gasteiger partial charge in [-0.3, -0.25) is 20.8 Å². The number of nitrogens with one attached hydrogen (secondary N) is 3. The van der Waals surface area contributed by atoms with E-state index in [4.69, 9.17) is 30.3 Å². The number of rotatable bonds is 7. The van der Waals surface area contributed by atoms with Crippen LogP contribution in [0.15, 0.2) is 41.6 Å². The Morgan fingerprint density at radius 3 is 2.84 bits per heavy atom. The van der Waals surface area contributed by atoms with Crippen LogP contribution in [0.4, 0.5) is 5.82 Å². The molecule has 0 saturated carbocycles. The summed E-state index contributed by atoms with van der Waals surface area (Å²) >= 11 is 3.53. The Hall–Kier alpha value is -3.34. The van der Waals surface area contributed by atoms with Gasteiger partial charge in [-0.2, -0.15) is 0 Å². The van der Waals surface area contributed by atoms with Crippen molar-refractivity contribution in [3.05, 3.63) is 64.9 Å². The number of aryl methyl sites for hydroxylation is 2. The third kappa shape index (κ3) is 5.56. The molecule has 0 amide bonds. The van der Waals surface area contributed by atoms with Gasteiger partial charge in [0.15, 0.2) is 5.90 Å². The maximum absolute atomic E-state index is 9.06. The summed E-state index contributed by atoms with van der Waals surface area (Å²) in [6, 6.07) is 8.64. The molecule has 0 radical (unpaired) electrons. The number of fused-ring (bicyclic) bond motifs is 3. The molecule has 7 rings (SSSR count). The fraction of sp³-hybridized carbons (Fsp3) is 0.424. The first-order valence-electron chi connectivity index (χ1n) is 15.1. The standard InChI is InChI=1S/C33H36N6O2S2/c1-18-17-42-31-28(27(32(35)41-19(2)34)25(38-29(18)31)6-5-20-10-14-40-15-11-20)26-16-21-9-13-37-33(30(21)43-26)39-24-8-7-23-22(24)4-3-12-36-23/h3-4,9,12-13,16,18,20,24,34-35H,5-8,10-11,14-15,17H2,1-2H3,(H,37,39). The Labute approximate surface area is 260 Å². The largest absolute Gasteiger partial charge is 0.425 e. The molecule has 3 aliphatic rings. The summed E-state index contributed by atoms with van der Waals surface area (Å²) in [6.45, 7) is 5.45. The Morgan fingerprint density at radius 1 is 1.14 bits per heavy atom. The lowest BCUT2D eigenvalue weighted by Crippen LogP contribution is -2.19. The van der Waals surface area contributed by atoms with Gasteiger partial charge in [0.05, 0.1) is 27.7 Å². The number of hydrogen-bond acceptors (Lipinski definition) is 10. The first-order valence-corrected chi connectivity index (χ1v) is 16.9. The third-order valence-electron chi connectivity index (χ3n) is 8.77. The van der Waals surface area contributed by atoms with Crippen LogP contribution in [-0.2, 0) is 22.3 Å². The van der Waals surface area contributed by atoms with Gasteiger partial charge in [-0.1, -0.05) is 13.0 Å². The number of thiophene rings is 1. The van der Waals surface area contributed by atoms with Crippen molar-refractivity contribution in [3.63, 3.8) is 0 Å². The molecular weight excluding hydrogens is 577 g/mol. The molecule has 3 N–H and O–H groups in total. The van der Waals surface area contributed by atoms with E-state index in [-0.39, 0.29) is 17.8 Å². The molecular formula is C33H36N6O2S2. The Bertz CT molecular complexity index is 1710. The normalized spacial score (nSPS) is 19.8. The van der Waals surface area contributed by atoms with Crippen molar-refractivity contribution in [2.24, 2.45) is 5.92 Å². The molecule has 2 aliphatic heterocycles. The second-order valence-electron chi connectivity index (χ2n) is 11.8. The minimum atomic E-state index is 0.00363. The molecule has 0 spiro atoms. The highest BCUT2D eigenvalue weighted by molar-refractivity contribution is 7.99. The zero-order chi connectivity index (χ0) is 29.5. The summed E-state index contributed by atoms with van der Waals surface area (Å²) in [7, 11) is 0. The predicted molar refractivity (Wildman–Crippen MR) is 174 cm³/mol. The number of nitrogens with zero attached hydrogens (tertiary/aromatic N) is 3. The highest BCUT2D eigenvalue weighted by Crippen LogP contribution is 2.50. The van der Waals surface area contributed by atoms with E-state index >= 15 is 0 Å². The van der Waals surface area contributed by atoms with Gasteiger partial charge in [0.1, 0.15) is 5.82 Å². The van der Waals surface area contributed by atoms with Crippen molar-refractivity contribution < 1.29 is 9.47 Å². The summed E-state index contributed by atoms with van der Waals surface area (Å²) < 4.78 is 12.4. The fourth-order valence-corrected chi connectivity index (χ4v) is 9.12. The molecule has 222 valence electrons. The lowest BCUT2D eigenvalue weighted by molar-refractivity contribution is 0.0639. The first-order chi connectivity index (χ1) is 21.0. The minimum absolute atomic E-state index is 0.00363. The lowest BCUT2D eigenvalue weighted by atomic mass is 9.91. The average molecular weight is 613 g/mol. The molecule has 1 fully saturated rings. The van der Waals surface area contributed by atoms with E-state index < -0.39 is 0 Å². The van der Waals surface area contributed by atoms with Gasteiger partial charge in [-0.15, -0.1) is 23.1 Å². The summed E-state index contributed by atoms with van der Waals surface area (Å²) in [4.78, 5) is 16.8. The average Bonchev–Trinajstić information content (AvgIpc) is 3.73. The highest BCUT2D eigenvalue weighted by Gasteiger charge is 2.32. The van der Waals surface area contributed by atoms with Gasteiger partial charge in [-0.05, 0) is 73.6 Å². The molecule has 1 saturated heterocycles. The van der Waals surface area contributed by atoms with Crippen molar-refractivity contribution in [2.75, 3.05) is 24.3 Å². The van der Waals surface area contributed by atoms with Crippen molar-refractivity contribution in [1.82, 2.24) is 15.0 Å². The maximum Gasteiger partial charge on any atom is 0.223 e. The quantitative estimate of drug-likeness (QED) is 0.144. The van der Waals surface area contributed by atoms with Crippen LogP contribution >= 0.6 is 23.1 Å². The van der Waals surface area contributed by atoms with Crippen LogP contribution < -0.4 is 5.32 Å². The van der Waals surface area contributed by atoms with Crippen LogP contribution in [0, 0.1) is 16.7 Å². The van der Waals surface area contributed by atoms with E-state index in [0.29, 0.717) is 11.8 Å². The van der Waals surface area contributed by atoms with E-state index in [1.165, 1.54) is 5.56 Å². The number of thioether (sulfide) groups is 1. The van der Waals surface area contributed by atoms with Crippen molar-refractivity contribution >= 4 is 50.8 Å². The van der Waals surface area contributed by atoms with Crippen LogP contribution in [0.2, 0.25) is 0 Å². The molecule has 10 heteroatoms. The molecule has 1 aliphatic carbocycles. The smallest absolute Gasteiger partial charge is 0.223 e. The van der Waals surface area contributed by atoms with E-state index in [9.17, 15) is 0 Å². The Morgan fingerprint density at radius 2 is 2.00 bits per heavy atom. The van der Waals surface area contributed by atoms with Crippen LogP contribution in [0.5, 0.6) is 0 Å². The number of hydrogen-bond donors (Lipinski definition) is 3. The monoisotopic (exact) mass is 612 g/mol. The van der Waals surface area contributed by atoms with Gasteiger partial charge >= 0.3 is 0 Å². The molecule has 2 unspecified atom stereocenters. The summed E-state index contributed by atoms with van der Waals surface area (Å²) in [6.07, 6.45) is 9.60. The maximum atomic E-state index is 9.06. The predicted octanol–water partition coefficient (Wildman–Crippen LogP) is 7.76. The van der Waals surface area contributed by atoms with Crippen molar-refractivity contribution in [2.45, 2.75) is 69.2 Å². The lowest BCUT2D eigenvalue weighted by Gasteiger charge is -2.23. The molecule has 0 bridgehead atoms. The number of pyridine rings is 3. The second-order valence-corrected chi connectivity index (χ2v) is 13.9. The van der Waals surface area contributed by atoms with E-state index in [0.717, 1.165) is 111 Å². The summed E-state index contributed by atoms with van der Waals surface area (Å²) in [5.74, 6) is 2.77. The number of anilines is 1. The molecule has 8 nitrogen and oxygen atoms in total. The van der Waals surface area contributed by atoms with Crippen molar-refractivity contribution in [3.8, 4) is 10.4 Å². The van der Waals surface area contributed by atoms with Gasteiger partial charge < -0.3 is 14.8 Å². The Balaban J connectivity index is 1.32. The van der Waals surface area contributed by atoms with Crippen molar-refractivity contribution in [1.29, 1.82) is 10.8 Å². The third-order valence-corrected chi connectivity index (χ3v) is 11.3. The molecule has 43 heavy (non-hydrogen) atoms. The van der Waals surface area contributed by atoms with E-state index in [2.05, 4.69) is 35.4 Å². The van der Waals surface area contributed by atoms with Gasteiger partial charge in [0.2, 0.25) is 5.90 Å². The van der Waals surface area contributed by atoms with Crippen LogP contribution in [0.1, 0.15) is 79.7 Å².